The topological polar surface area (TPSA) is 44.8 Å². The average molecular weight is 386 g/mol. The fourth-order valence-electron chi connectivity index (χ4n) is 3.53. The van der Waals surface area contributed by atoms with Crippen LogP contribution in [0.25, 0.3) is 27.8 Å². The molecule has 28 heavy (non-hydrogen) atoms. The molecule has 0 amide bonds. The predicted molar refractivity (Wildman–Crippen MR) is 114 cm³/mol. The Balaban J connectivity index is 1.80. The molecule has 0 saturated carbocycles. The van der Waals surface area contributed by atoms with Gasteiger partial charge in [0.05, 0.1) is 22.4 Å². The number of halogens is 1. The van der Waals surface area contributed by atoms with E-state index in [2.05, 4.69) is 58.6 Å². The lowest BCUT2D eigenvalue weighted by Gasteiger charge is -2.07. The van der Waals surface area contributed by atoms with Crippen molar-refractivity contribution in [1.29, 1.82) is 0 Å². The summed E-state index contributed by atoms with van der Waals surface area (Å²) in [4.78, 5) is 8.17. The number of fused-ring (bicyclic) bond motifs is 2. The number of rotatable bonds is 3. The third-order valence-electron chi connectivity index (χ3n) is 4.94. The second-order valence-corrected chi connectivity index (χ2v) is 7.21. The molecular formula is C23H18ClN4+. The summed E-state index contributed by atoms with van der Waals surface area (Å²) in [7, 11) is 0. The number of anilines is 2. The van der Waals surface area contributed by atoms with Gasteiger partial charge in [-0.1, -0.05) is 48.0 Å². The number of H-pyrrole nitrogens is 1. The van der Waals surface area contributed by atoms with E-state index >= 15 is 0 Å². The number of hydrogen-bond donors (Lipinski definition) is 2. The number of aromatic amines is 1. The van der Waals surface area contributed by atoms with Crippen LogP contribution < -0.4 is 9.72 Å². The molecule has 0 spiro atoms. The molecule has 0 aliphatic heterocycles. The maximum Gasteiger partial charge on any atom is 0.271 e. The summed E-state index contributed by atoms with van der Waals surface area (Å²) in [6.07, 6.45) is 3.74. The van der Waals surface area contributed by atoms with Gasteiger partial charge in [0.25, 0.3) is 5.82 Å². The first kappa shape index (κ1) is 16.8. The smallest absolute Gasteiger partial charge is 0.270 e. The lowest BCUT2D eigenvalue weighted by atomic mass is 10.1. The van der Waals surface area contributed by atoms with E-state index in [1.165, 1.54) is 5.56 Å². The maximum absolute atomic E-state index is 6.30. The van der Waals surface area contributed by atoms with E-state index in [0.29, 0.717) is 5.02 Å². The van der Waals surface area contributed by atoms with E-state index in [1.54, 1.807) is 0 Å². The zero-order valence-electron chi connectivity index (χ0n) is 15.3. The number of aryl methyl sites for hydroxylation is 1. The van der Waals surface area contributed by atoms with Crippen LogP contribution in [0.5, 0.6) is 0 Å². The van der Waals surface area contributed by atoms with Gasteiger partial charge in [-0.05, 0) is 36.8 Å². The van der Waals surface area contributed by atoms with Crippen molar-refractivity contribution in [3.05, 3.63) is 89.7 Å². The van der Waals surface area contributed by atoms with E-state index in [9.17, 15) is 0 Å². The Kier molecular flexibility index (Phi) is 3.99. The third kappa shape index (κ3) is 2.79. The number of nitrogens with one attached hydrogen (secondary N) is 2. The summed E-state index contributed by atoms with van der Waals surface area (Å²) in [5.41, 5.74) is 6.12. The van der Waals surface area contributed by atoms with E-state index in [0.717, 1.165) is 39.3 Å². The van der Waals surface area contributed by atoms with Gasteiger partial charge in [0.15, 0.2) is 5.69 Å². The number of nitrogens with zero attached hydrogens (tertiary/aromatic N) is 2. The molecule has 0 saturated heterocycles. The molecule has 5 rings (SSSR count). The molecule has 2 aromatic carbocycles. The Hall–Kier alpha value is -3.37. The van der Waals surface area contributed by atoms with Gasteiger partial charge in [0.1, 0.15) is 0 Å². The fraction of sp³-hybridized carbons (Fsp3) is 0.0435. The molecule has 3 aromatic heterocycles. The Morgan fingerprint density at radius 1 is 0.964 bits per heavy atom. The Morgan fingerprint density at radius 3 is 2.71 bits per heavy atom. The highest BCUT2D eigenvalue weighted by Crippen LogP contribution is 2.32. The molecule has 5 heteroatoms. The molecule has 0 radical (unpaired) electrons. The highest BCUT2D eigenvalue weighted by Gasteiger charge is 2.23. The first-order valence-electron chi connectivity index (χ1n) is 9.10. The van der Waals surface area contributed by atoms with Crippen LogP contribution in [0.1, 0.15) is 5.56 Å². The van der Waals surface area contributed by atoms with E-state index in [4.69, 9.17) is 11.6 Å². The van der Waals surface area contributed by atoms with Crippen LogP contribution in [-0.2, 0) is 0 Å². The van der Waals surface area contributed by atoms with Crippen LogP contribution in [0.2, 0.25) is 5.02 Å². The molecule has 0 atom stereocenters. The Morgan fingerprint density at radius 2 is 1.82 bits per heavy atom. The third-order valence-corrected chi connectivity index (χ3v) is 5.17. The van der Waals surface area contributed by atoms with Gasteiger partial charge in [0.2, 0.25) is 5.65 Å². The number of para-hydroxylation sites is 2. The Bertz CT molecular complexity index is 1320. The first-order chi connectivity index (χ1) is 13.7. The van der Waals surface area contributed by atoms with Crippen LogP contribution in [-0.4, -0.2) is 9.97 Å². The second-order valence-electron chi connectivity index (χ2n) is 6.77. The molecule has 2 N–H and O–H groups in total. The average Bonchev–Trinajstić information content (AvgIpc) is 3.06. The standard InChI is InChI=1S/C23H17ClN4/c1-15-6-2-3-10-19(15)26-23-22(27-20-12-11-17(24)14-28(20)23)18-9-4-7-16-8-5-13-25-21(16)18/h2-14,26H,1H3/p+1. The number of pyridine rings is 2. The van der Waals surface area contributed by atoms with Gasteiger partial charge in [-0.3, -0.25) is 15.3 Å². The molecule has 3 heterocycles. The van der Waals surface area contributed by atoms with Crippen molar-refractivity contribution < 1.29 is 4.40 Å². The van der Waals surface area contributed by atoms with Crippen LogP contribution in [0.4, 0.5) is 11.5 Å². The summed E-state index contributed by atoms with van der Waals surface area (Å²) in [5.74, 6) is 0.921. The molecule has 0 fully saturated rings. The van der Waals surface area contributed by atoms with Crippen molar-refractivity contribution >= 4 is 39.7 Å². The van der Waals surface area contributed by atoms with Crippen LogP contribution >= 0.6 is 11.6 Å². The van der Waals surface area contributed by atoms with Crippen molar-refractivity contribution in [1.82, 2.24) is 9.97 Å². The van der Waals surface area contributed by atoms with Crippen molar-refractivity contribution in [3.8, 4) is 11.3 Å². The van der Waals surface area contributed by atoms with Crippen LogP contribution in [0, 0.1) is 6.92 Å². The molecule has 0 aliphatic carbocycles. The summed E-state index contributed by atoms with van der Waals surface area (Å²) in [5, 5.41) is 5.37. The minimum Gasteiger partial charge on any atom is -0.270 e. The van der Waals surface area contributed by atoms with Crippen LogP contribution in [0.3, 0.4) is 0 Å². The summed E-state index contributed by atoms with van der Waals surface area (Å²) in [6, 6.07) is 22.3. The number of imidazole rings is 1. The van der Waals surface area contributed by atoms with Gasteiger partial charge in [0, 0.05) is 23.2 Å². The second kappa shape index (κ2) is 6.66. The molecule has 0 aliphatic rings. The zero-order valence-corrected chi connectivity index (χ0v) is 16.0. The van der Waals surface area contributed by atoms with Gasteiger partial charge in [-0.2, -0.15) is 0 Å². The van der Waals surface area contributed by atoms with Crippen molar-refractivity contribution in [2.24, 2.45) is 0 Å². The van der Waals surface area contributed by atoms with Gasteiger partial charge >= 0.3 is 0 Å². The first-order valence-corrected chi connectivity index (χ1v) is 9.48. The summed E-state index contributed by atoms with van der Waals surface area (Å²) < 4.78 is 2.05. The molecule has 5 aromatic rings. The maximum atomic E-state index is 6.30. The van der Waals surface area contributed by atoms with Crippen molar-refractivity contribution in [2.75, 3.05) is 5.32 Å². The SMILES string of the molecule is Cc1ccccc1Nc1c(-c2cccc3cccnc23)[nH]c2ccc(Cl)c[n+]12. The molecular weight excluding hydrogens is 368 g/mol. The zero-order chi connectivity index (χ0) is 19.1. The molecule has 136 valence electrons. The van der Waals surface area contributed by atoms with Crippen LogP contribution in [0.15, 0.2) is 79.1 Å². The number of benzene rings is 2. The molecule has 0 unspecified atom stereocenters. The Labute approximate surface area is 167 Å². The summed E-state index contributed by atoms with van der Waals surface area (Å²) >= 11 is 6.30. The normalized spacial score (nSPS) is 11.2. The monoisotopic (exact) mass is 385 g/mol. The highest BCUT2D eigenvalue weighted by molar-refractivity contribution is 6.30. The molecule has 0 bridgehead atoms. The summed E-state index contributed by atoms with van der Waals surface area (Å²) in [6.45, 7) is 2.09. The molecule has 4 nitrogen and oxygen atoms in total. The minimum absolute atomic E-state index is 0.673. The van der Waals surface area contributed by atoms with E-state index in [-0.39, 0.29) is 0 Å². The fourth-order valence-corrected chi connectivity index (χ4v) is 3.69. The van der Waals surface area contributed by atoms with Crippen molar-refractivity contribution in [2.45, 2.75) is 6.92 Å². The number of hydrogen-bond acceptors (Lipinski definition) is 2. The lowest BCUT2D eigenvalue weighted by Crippen LogP contribution is -2.22. The highest BCUT2D eigenvalue weighted by atomic mass is 35.5. The minimum atomic E-state index is 0.673. The predicted octanol–water partition coefficient (Wildman–Crippen LogP) is 5.67. The van der Waals surface area contributed by atoms with Crippen molar-refractivity contribution in [3.63, 3.8) is 0 Å². The quantitative estimate of drug-likeness (QED) is 0.393. The largest absolute Gasteiger partial charge is 0.271 e. The van der Waals surface area contributed by atoms with E-state index in [1.807, 2.05) is 47.1 Å². The lowest BCUT2D eigenvalue weighted by molar-refractivity contribution is -0.493. The van der Waals surface area contributed by atoms with Gasteiger partial charge in [-0.15, -0.1) is 0 Å². The number of aromatic nitrogens is 3. The van der Waals surface area contributed by atoms with E-state index < -0.39 is 0 Å². The van der Waals surface area contributed by atoms with Gasteiger partial charge in [-0.25, -0.2) is 4.40 Å². The van der Waals surface area contributed by atoms with Gasteiger partial charge < -0.3 is 0 Å².